The number of hydrogen-bond acceptors (Lipinski definition) is 2. The summed E-state index contributed by atoms with van der Waals surface area (Å²) in [5, 5.41) is 0.613. The van der Waals surface area contributed by atoms with Crippen molar-refractivity contribution in [1.82, 2.24) is 9.55 Å². The maximum atomic E-state index is 13.1. The van der Waals surface area contributed by atoms with E-state index in [1.165, 1.54) is 17.8 Å². The van der Waals surface area contributed by atoms with Gasteiger partial charge >= 0.3 is 6.18 Å². The van der Waals surface area contributed by atoms with Crippen LogP contribution < -0.4 is 0 Å². The molecule has 0 bridgehead atoms. The van der Waals surface area contributed by atoms with Crippen LogP contribution in [0.4, 0.5) is 13.2 Å². The number of benzene rings is 2. The van der Waals surface area contributed by atoms with Crippen LogP contribution in [0.25, 0.3) is 16.9 Å². The Morgan fingerprint density at radius 3 is 2.54 bits per heavy atom. The van der Waals surface area contributed by atoms with Crippen molar-refractivity contribution in [1.29, 1.82) is 0 Å². The molecule has 0 fully saturated rings. The second-order valence-corrected chi connectivity index (χ2v) is 7.32. The van der Waals surface area contributed by atoms with Crippen molar-refractivity contribution in [3.05, 3.63) is 77.4 Å². The molecule has 0 saturated heterocycles. The van der Waals surface area contributed by atoms with Gasteiger partial charge < -0.3 is 0 Å². The first kappa shape index (κ1) is 18.8. The van der Waals surface area contributed by atoms with Gasteiger partial charge in [-0.15, -0.1) is 6.58 Å². The molecule has 3 aromatic rings. The van der Waals surface area contributed by atoms with Crippen LogP contribution in [0.5, 0.6) is 0 Å². The average Bonchev–Trinajstić information content (AvgIpc) is 3.04. The molecule has 0 unspecified atom stereocenters. The third-order valence-electron chi connectivity index (χ3n) is 3.63. The summed E-state index contributed by atoms with van der Waals surface area (Å²) in [6.07, 6.45) is -0.993. The number of rotatable bonds is 5. The predicted octanol–water partition coefficient (Wildman–Crippen LogP) is 6.60. The first-order chi connectivity index (χ1) is 12.4. The molecule has 1 aromatic heterocycles. The molecule has 2 nitrogen and oxygen atoms in total. The molecule has 3 rings (SSSR count). The van der Waals surface area contributed by atoms with E-state index in [2.05, 4.69) is 27.5 Å². The van der Waals surface area contributed by atoms with Crippen molar-refractivity contribution in [2.24, 2.45) is 0 Å². The second-order valence-electron chi connectivity index (χ2n) is 5.42. The van der Waals surface area contributed by atoms with Gasteiger partial charge in [0.05, 0.1) is 17.5 Å². The van der Waals surface area contributed by atoms with Gasteiger partial charge in [0.15, 0.2) is 5.16 Å². The van der Waals surface area contributed by atoms with E-state index in [0.29, 0.717) is 16.6 Å². The van der Waals surface area contributed by atoms with Gasteiger partial charge in [-0.05, 0) is 30.3 Å². The standard InChI is InChI=1S/C19H14BrF3N2S/c1-2-10-26-18-24-12-17(13-6-8-15(20)9-7-13)25(18)16-5-3-4-14(11-16)19(21,22)23/h2-9,11-12H,1,10H2. The van der Waals surface area contributed by atoms with Gasteiger partial charge in [-0.1, -0.05) is 52.0 Å². The number of alkyl halides is 3. The maximum absolute atomic E-state index is 13.1. The Morgan fingerprint density at radius 2 is 1.88 bits per heavy atom. The number of thioether (sulfide) groups is 1. The largest absolute Gasteiger partial charge is 0.416 e. The van der Waals surface area contributed by atoms with Crippen LogP contribution in [-0.2, 0) is 6.18 Å². The fourth-order valence-corrected chi connectivity index (χ4v) is 3.46. The molecule has 0 N–H and O–H groups in total. The molecule has 0 aliphatic heterocycles. The summed E-state index contributed by atoms with van der Waals surface area (Å²) in [5.74, 6) is 0.607. The van der Waals surface area contributed by atoms with E-state index in [9.17, 15) is 13.2 Å². The zero-order chi connectivity index (χ0) is 18.7. The van der Waals surface area contributed by atoms with Crippen molar-refractivity contribution >= 4 is 27.7 Å². The Balaban J connectivity index is 2.16. The summed E-state index contributed by atoms with van der Waals surface area (Å²) >= 11 is 4.81. The molecule has 0 saturated carbocycles. The number of imidazole rings is 1. The number of halogens is 4. The van der Waals surface area contributed by atoms with E-state index < -0.39 is 11.7 Å². The third kappa shape index (κ3) is 4.04. The fraction of sp³-hybridized carbons (Fsp3) is 0.105. The molecule has 0 amide bonds. The van der Waals surface area contributed by atoms with E-state index in [4.69, 9.17) is 0 Å². The Kier molecular flexibility index (Phi) is 5.58. The Morgan fingerprint density at radius 1 is 1.15 bits per heavy atom. The van der Waals surface area contributed by atoms with Crippen LogP contribution >= 0.6 is 27.7 Å². The Labute approximate surface area is 161 Å². The van der Waals surface area contributed by atoms with E-state index in [0.717, 1.165) is 27.9 Å². The molecule has 0 atom stereocenters. The lowest BCUT2D eigenvalue weighted by molar-refractivity contribution is -0.137. The summed E-state index contributed by atoms with van der Waals surface area (Å²) in [6.45, 7) is 3.69. The van der Waals surface area contributed by atoms with Crippen LogP contribution in [0.1, 0.15) is 5.56 Å². The molecule has 2 aromatic carbocycles. The van der Waals surface area contributed by atoms with Crippen molar-refractivity contribution in [2.75, 3.05) is 5.75 Å². The fourth-order valence-electron chi connectivity index (χ4n) is 2.47. The normalized spacial score (nSPS) is 11.5. The third-order valence-corrected chi connectivity index (χ3v) is 5.11. The minimum Gasteiger partial charge on any atom is -0.287 e. The van der Waals surface area contributed by atoms with E-state index in [1.807, 2.05) is 24.3 Å². The molecular weight excluding hydrogens is 425 g/mol. The topological polar surface area (TPSA) is 17.8 Å². The van der Waals surface area contributed by atoms with E-state index in [1.54, 1.807) is 22.9 Å². The lowest BCUT2D eigenvalue weighted by Crippen LogP contribution is -2.07. The Bertz CT molecular complexity index is 917. The minimum atomic E-state index is -4.40. The summed E-state index contributed by atoms with van der Waals surface area (Å²) in [5.41, 5.74) is 1.32. The zero-order valence-corrected chi connectivity index (χ0v) is 15.9. The molecule has 1 heterocycles. The SMILES string of the molecule is C=CCSc1ncc(-c2ccc(Br)cc2)n1-c1cccc(C(F)(F)F)c1. The molecule has 7 heteroatoms. The molecule has 0 aliphatic rings. The van der Waals surface area contributed by atoms with Gasteiger partial charge in [-0.3, -0.25) is 4.57 Å². The van der Waals surface area contributed by atoms with Crippen molar-refractivity contribution in [3.63, 3.8) is 0 Å². The quantitative estimate of drug-likeness (QED) is 0.329. The number of hydrogen-bond donors (Lipinski definition) is 0. The van der Waals surface area contributed by atoms with Crippen molar-refractivity contribution in [3.8, 4) is 16.9 Å². The highest BCUT2D eigenvalue weighted by atomic mass is 79.9. The highest BCUT2D eigenvalue weighted by molar-refractivity contribution is 9.10. The van der Waals surface area contributed by atoms with Gasteiger partial charge in [0.25, 0.3) is 0 Å². The summed E-state index contributed by atoms with van der Waals surface area (Å²) in [7, 11) is 0. The van der Waals surface area contributed by atoms with E-state index >= 15 is 0 Å². The van der Waals surface area contributed by atoms with Gasteiger partial charge in [0.2, 0.25) is 0 Å². The van der Waals surface area contributed by atoms with Gasteiger partial charge in [0, 0.05) is 21.5 Å². The molecule has 134 valence electrons. The van der Waals surface area contributed by atoms with Gasteiger partial charge in [0.1, 0.15) is 0 Å². The van der Waals surface area contributed by atoms with Crippen LogP contribution in [0.15, 0.2) is 77.0 Å². The van der Waals surface area contributed by atoms with E-state index in [-0.39, 0.29) is 0 Å². The van der Waals surface area contributed by atoms with Crippen LogP contribution in [0.3, 0.4) is 0 Å². The second kappa shape index (κ2) is 7.72. The zero-order valence-electron chi connectivity index (χ0n) is 13.5. The molecule has 26 heavy (non-hydrogen) atoms. The first-order valence-electron chi connectivity index (χ1n) is 7.65. The number of aromatic nitrogens is 2. The highest BCUT2D eigenvalue weighted by Gasteiger charge is 2.31. The van der Waals surface area contributed by atoms with Crippen molar-refractivity contribution in [2.45, 2.75) is 11.3 Å². The summed E-state index contributed by atoms with van der Waals surface area (Å²) in [4.78, 5) is 4.41. The smallest absolute Gasteiger partial charge is 0.287 e. The van der Waals surface area contributed by atoms with Crippen LogP contribution in [0.2, 0.25) is 0 Å². The molecule has 0 aliphatic carbocycles. The highest BCUT2D eigenvalue weighted by Crippen LogP contribution is 2.34. The van der Waals surface area contributed by atoms with Crippen LogP contribution in [0, 0.1) is 0 Å². The number of nitrogens with zero attached hydrogens (tertiary/aromatic N) is 2. The summed E-state index contributed by atoms with van der Waals surface area (Å²) < 4.78 is 42.1. The average molecular weight is 439 g/mol. The lowest BCUT2D eigenvalue weighted by atomic mass is 10.1. The molecule has 0 spiro atoms. The monoisotopic (exact) mass is 438 g/mol. The molecular formula is C19H14BrF3N2S. The Hall–Kier alpha value is -1.99. The summed E-state index contributed by atoms with van der Waals surface area (Å²) in [6, 6.07) is 12.8. The molecule has 0 radical (unpaired) electrons. The van der Waals surface area contributed by atoms with Crippen molar-refractivity contribution < 1.29 is 13.2 Å². The van der Waals surface area contributed by atoms with Crippen LogP contribution in [-0.4, -0.2) is 15.3 Å². The predicted molar refractivity (Wildman–Crippen MR) is 103 cm³/mol. The van der Waals surface area contributed by atoms with Gasteiger partial charge in [-0.25, -0.2) is 4.98 Å². The maximum Gasteiger partial charge on any atom is 0.416 e. The van der Waals surface area contributed by atoms with Gasteiger partial charge in [-0.2, -0.15) is 13.2 Å². The first-order valence-corrected chi connectivity index (χ1v) is 9.43. The lowest BCUT2D eigenvalue weighted by Gasteiger charge is -2.14. The minimum absolute atomic E-state index is 0.418.